The standard InChI is InChI=1S/C6H6O7S2.Na/c7-14(8,12-13-15(9,10)11)6-4-2-1-3-5-6;/h1-5H,(H,9,10,11);/q;+1/p-1. The Morgan fingerprint density at radius 3 is 1.88 bits per heavy atom. The van der Waals surface area contributed by atoms with E-state index < -0.39 is 20.5 Å². The summed E-state index contributed by atoms with van der Waals surface area (Å²) in [5, 5.41) is 0. The van der Waals surface area contributed by atoms with Crippen molar-refractivity contribution in [3.05, 3.63) is 30.3 Å². The monoisotopic (exact) mass is 276 g/mol. The molecule has 10 heteroatoms. The van der Waals surface area contributed by atoms with Crippen LogP contribution in [0, 0.1) is 0 Å². The van der Waals surface area contributed by atoms with Crippen molar-refractivity contribution in [1.29, 1.82) is 0 Å². The topological polar surface area (TPSA) is 110 Å². The van der Waals surface area contributed by atoms with Gasteiger partial charge in [0.15, 0.2) is 0 Å². The van der Waals surface area contributed by atoms with Crippen molar-refractivity contribution in [2.24, 2.45) is 0 Å². The van der Waals surface area contributed by atoms with E-state index in [1.54, 1.807) is 6.07 Å². The summed E-state index contributed by atoms with van der Waals surface area (Å²) in [4.78, 5) is -0.325. The van der Waals surface area contributed by atoms with E-state index in [1.807, 2.05) is 0 Å². The summed E-state index contributed by atoms with van der Waals surface area (Å²) >= 11 is 0. The van der Waals surface area contributed by atoms with Crippen molar-refractivity contribution in [3.8, 4) is 0 Å². The summed E-state index contributed by atoms with van der Waals surface area (Å²) in [6.07, 6.45) is 0. The molecule has 0 unspecified atom stereocenters. The van der Waals surface area contributed by atoms with Crippen LogP contribution < -0.4 is 29.6 Å². The van der Waals surface area contributed by atoms with E-state index in [1.165, 1.54) is 12.1 Å². The predicted molar refractivity (Wildman–Crippen MR) is 45.5 cm³/mol. The van der Waals surface area contributed by atoms with Crippen molar-refractivity contribution in [2.75, 3.05) is 0 Å². The molecule has 0 saturated carbocycles. The minimum atomic E-state index is -5.22. The zero-order chi connectivity index (χ0) is 11.5. The summed E-state index contributed by atoms with van der Waals surface area (Å²) in [5.74, 6) is 0. The van der Waals surface area contributed by atoms with Crippen molar-refractivity contribution < 1.29 is 59.6 Å². The second-order valence-corrected chi connectivity index (χ2v) is 4.78. The maximum Gasteiger partial charge on any atom is 1.00 e. The molecule has 1 aromatic carbocycles. The molecule has 0 fully saturated rings. The van der Waals surface area contributed by atoms with Crippen LogP contribution in [0.3, 0.4) is 0 Å². The van der Waals surface area contributed by atoms with E-state index in [0.717, 1.165) is 12.1 Å². The van der Waals surface area contributed by atoms with Crippen molar-refractivity contribution in [3.63, 3.8) is 0 Å². The predicted octanol–water partition coefficient (Wildman–Crippen LogP) is -3.21. The fraction of sp³-hybridized carbons (Fsp3) is 0. The molecule has 0 radical (unpaired) electrons. The molecule has 16 heavy (non-hydrogen) atoms. The van der Waals surface area contributed by atoms with Gasteiger partial charge in [-0.25, -0.2) is 8.42 Å². The van der Waals surface area contributed by atoms with E-state index in [9.17, 15) is 21.4 Å². The fourth-order valence-electron chi connectivity index (χ4n) is 0.697. The van der Waals surface area contributed by atoms with Gasteiger partial charge in [-0.1, -0.05) is 22.5 Å². The van der Waals surface area contributed by atoms with Gasteiger partial charge in [0.2, 0.25) is 10.4 Å². The summed E-state index contributed by atoms with van der Waals surface area (Å²) < 4.78 is 58.8. The van der Waals surface area contributed by atoms with Gasteiger partial charge in [-0.2, -0.15) is 8.42 Å². The van der Waals surface area contributed by atoms with Gasteiger partial charge in [0.1, 0.15) is 0 Å². The Morgan fingerprint density at radius 2 is 1.44 bits per heavy atom. The largest absolute Gasteiger partial charge is 1.00 e. The Kier molecular flexibility index (Phi) is 6.07. The van der Waals surface area contributed by atoms with Gasteiger partial charge in [-0.3, -0.25) is 0 Å². The Balaban J connectivity index is 0.00000225. The molecule has 0 aliphatic heterocycles. The smallest absolute Gasteiger partial charge is 0.724 e. The summed E-state index contributed by atoms with van der Waals surface area (Å²) in [6, 6.07) is 6.63. The van der Waals surface area contributed by atoms with Gasteiger partial charge in [0.05, 0.1) is 4.90 Å². The average molecular weight is 276 g/mol. The van der Waals surface area contributed by atoms with Crippen LogP contribution >= 0.6 is 0 Å². The molecule has 1 rings (SSSR count). The molecule has 1 aromatic rings. The van der Waals surface area contributed by atoms with E-state index in [4.69, 9.17) is 0 Å². The first kappa shape index (κ1) is 16.0. The van der Waals surface area contributed by atoms with Gasteiger partial charge < -0.3 is 4.55 Å². The third-order valence-corrected chi connectivity index (χ3v) is 2.65. The van der Waals surface area contributed by atoms with Gasteiger partial charge >= 0.3 is 39.7 Å². The molecule has 0 heterocycles. The maximum atomic E-state index is 11.1. The summed E-state index contributed by atoms with van der Waals surface area (Å²) in [6.45, 7) is 0. The van der Waals surface area contributed by atoms with Crippen molar-refractivity contribution in [2.45, 2.75) is 4.90 Å². The van der Waals surface area contributed by atoms with Crippen molar-refractivity contribution >= 4 is 20.5 Å². The van der Waals surface area contributed by atoms with E-state index in [0.29, 0.717) is 0 Å². The van der Waals surface area contributed by atoms with Crippen LogP contribution in [0.25, 0.3) is 0 Å². The van der Waals surface area contributed by atoms with Crippen LogP contribution in [0.4, 0.5) is 0 Å². The third-order valence-electron chi connectivity index (χ3n) is 1.23. The molecular formula is C6H5NaO7S2. The number of hydrogen-bond donors (Lipinski definition) is 0. The molecule has 7 nitrogen and oxygen atoms in total. The van der Waals surface area contributed by atoms with Gasteiger partial charge in [-0.15, -0.1) is 4.33 Å². The summed E-state index contributed by atoms with van der Waals surface area (Å²) in [7, 11) is -9.61. The number of rotatable bonds is 4. The van der Waals surface area contributed by atoms with E-state index in [2.05, 4.69) is 8.67 Å². The second kappa shape index (κ2) is 6.07. The average Bonchev–Trinajstić information content (AvgIpc) is 2.16. The number of benzene rings is 1. The quantitative estimate of drug-likeness (QED) is 0.187. The molecule has 0 spiro atoms. The van der Waals surface area contributed by atoms with Gasteiger partial charge in [-0.05, 0) is 12.1 Å². The van der Waals surface area contributed by atoms with Crippen LogP contribution in [0.5, 0.6) is 0 Å². The first-order valence-electron chi connectivity index (χ1n) is 3.45. The van der Waals surface area contributed by atoms with Crippen LogP contribution in [-0.2, 0) is 29.2 Å². The fourth-order valence-corrected chi connectivity index (χ4v) is 1.83. The van der Waals surface area contributed by atoms with Crippen molar-refractivity contribution in [1.82, 2.24) is 0 Å². The molecule has 0 atom stereocenters. The zero-order valence-corrected chi connectivity index (χ0v) is 11.7. The third kappa shape index (κ3) is 5.37. The van der Waals surface area contributed by atoms with Crippen LogP contribution in [0.2, 0.25) is 0 Å². The molecule has 84 valence electrons. The summed E-state index contributed by atoms with van der Waals surface area (Å²) in [5.41, 5.74) is 0. The van der Waals surface area contributed by atoms with E-state index in [-0.39, 0.29) is 34.5 Å². The van der Waals surface area contributed by atoms with Gasteiger partial charge in [0, 0.05) is 0 Å². The minimum absolute atomic E-state index is 0. The van der Waals surface area contributed by atoms with Crippen LogP contribution in [0.15, 0.2) is 35.2 Å². The molecular weight excluding hydrogens is 271 g/mol. The Labute approximate surface area is 115 Å². The van der Waals surface area contributed by atoms with Gasteiger partial charge in [0.25, 0.3) is 0 Å². The van der Waals surface area contributed by atoms with Crippen LogP contribution in [-0.4, -0.2) is 21.4 Å². The Morgan fingerprint density at radius 1 is 0.938 bits per heavy atom. The Bertz CT molecular complexity index is 521. The molecule has 0 saturated heterocycles. The molecule has 0 amide bonds. The first-order chi connectivity index (χ1) is 6.81. The Hall–Kier alpha value is 0. The van der Waals surface area contributed by atoms with E-state index >= 15 is 0 Å². The second-order valence-electron chi connectivity index (χ2n) is 2.31. The first-order valence-corrected chi connectivity index (χ1v) is 6.19. The molecule has 0 bridgehead atoms. The maximum absolute atomic E-state index is 11.1. The molecule has 0 aliphatic rings. The normalized spacial score (nSPS) is 11.8. The molecule has 0 N–H and O–H groups in total. The molecule has 0 aliphatic carbocycles. The zero-order valence-electron chi connectivity index (χ0n) is 8.06. The number of hydrogen-bond acceptors (Lipinski definition) is 7. The van der Waals surface area contributed by atoms with Crippen LogP contribution in [0.1, 0.15) is 0 Å². The SMILES string of the molecule is O=S(=O)([O-])OOS(=O)(=O)c1ccccc1.[Na+]. The minimum Gasteiger partial charge on any atom is -0.724 e. The molecule has 0 aromatic heterocycles.